The van der Waals surface area contributed by atoms with E-state index in [0.29, 0.717) is 19.3 Å². The van der Waals surface area contributed by atoms with Crippen LogP contribution in [-0.2, 0) is 0 Å². The number of ether oxygens (including phenoxy) is 2. The fourth-order valence-electron chi connectivity index (χ4n) is 2.16. The summed E-state index contributed by atoms with van der Waals surface area (Å²) in [4.78, 5) is 0. The van der Waals surface area contributed by atoms with Crippen LogP contribution in [0.2, 0.25) is 0 Å². The summed E-state index contributed by atoms with van der Waals surface area (Å²) in [5, 5.41) is 3.32. The van der Waals surface area contributed by atoms with E-state index in [1.165, 1.54) is 5.56 Å². The molecular formula is C15H19NO2. The van der Waals surface area contributed by atoms with Crippen molar-refractivity contribution in [3.63, 3.8) is 0 Å². The molecule has 0 saturated heterocycles. The van der Waals surface area contributed by atoms with E-state index in [1.54, 1.807) is 0 Å². The first-order valence-corrected chi connectivity index (χ1v) is 6.35. The molecule has 0 amide bonds. The summed E-state index contributed by atoms with van der Waals surface area (Å²) >= 11 is 0. The Morgan fingerprint density at radius 2 is 2.11 bits per heavy atom. The zero-order chi connectivity index (χ0) is 12.8. The van der Waals surface area contributed by atoms with Gasteiger partial charge in [0.25, 0.3) is 0 Å². The standard InChI is InChI=1S/C15H19NO2/c1-3-4-5-6-13(16-2)12-7-8-14-15(11-12)18-10-9-17-14/h1,7-8,11,13,16H,4-6,9-10H2,2H3. The Hall–Kier alpha value is -1.66. The Labute approximate surface area is 108 Å². The highest BCUT2D eigenvalue weighted by molar-refractivity contribution is 5.44. The minimum atomic E-state index is 0.314. The van der Waals surface area contributed by atoms with Crippen molar-refractivity contribution in [1.82, 2.24) is 5.32 Å². The molecule has 1 heterocycles. The van der Waals surface area contributed by atoms with Gasteiger partial charge in [0.05, 0.1) is 0 Å². The smallest absolute Gasteiger partial charge is 0.161 e. The summed E-state index contributed by atoms with van der Waals surface area (Å²) in [6, 6.07) is 6.44. The average molecular weight is 245 g/mol. The maximum Gasteiger partial charge on any atom is 0.161 e. The second kappa shape index (κ2) is 6.32. The molecule has 1 aromatic carbocycles. The highest BCUT2D eigenvalue weighted by atomic mass is 16.6. The lowest BCUT2D eigenvalue weighted by atomic mass is 10.0. The first-order valence-electron chi connectivity index (χ1n) is 6.35. The van der Waals surface area contributed by atoms with Gasteiger partial charge in [-0.1, -0.05) is 6.07 Å². The van der Waals surface area contributed by atoms with E-state index in [-0.39, 0.29) is 0 Å². The van der Waals surface area contributed by atoms with Gasteiger partial charge in [0.15, 0.2) is 11.5 Å². The predicted molar refractivity (Wildman–Crippen MR) is 71.9 cm³/mol. The number of nitrogens with one attached hydrogen (secondary N) is 1. The Morgan fingerprint density at radius 1 is 1.33 bits per heavy atom. The second-order valence-corrected chi connectivity index (χ2v) is 4.34. The molecule has 1 N–H and O–H groups in total. The molecule has 96 valence electrons. The third kappa shape index (κ3) is 2.96. The molecule has 18 heavy (non-hydrogen) atoms. The molecule has 1 unspecified atom stereocenters. The van der Waals surface area contributed by atoms with E-state index >= 15 is 0 Å². The van der Waals surface area contributed by atoms with Crippen LogP contribution >= 0.6 is 0 Å². The largest absolute Gasteiger partial charge is 0.486 e. The van der Waals surface area contributed by atoms with Gasteiger partial charge in [0.2, 0.25) is 0 Å². The minimum Gasteiger partial charge on any atom is -0.486 e. The van der Waals surface area contributed by atoms with Gasteiger partial charge in [-0.15, -0.1) is 12.3 Å². The van der Waals surface area contributed by atoms with Gasteiger partial charge < -0.3 is 14.8 Å². The van der Waals surface area contributed by atoms with Crippen LogP contribution in [0.15, 0.2) is 18.2 Å². The van der Waals surface area contributed by atoms with Crippen LogP contribution in [0.3, 0.4) is 0 Å². The molecule has 0 bridgehead atoms. The van der Waals surface area contributed by atoms with Crippen LogP contribution in [0.25, 0.3) is 0 Å². The second-order valence-electron chi connectivity index (χ2n) is 4.34. The molecule has 0 fully saturated rings. The van der Waals surface area contributed by atoms with E-state index < -0.39 is 0 Å². The molecule has 3 nitrogen and oxygen atoms in total. The molecule has 0 saturated carbocycles. The van der Waals surface area contributed by atoms with Gasteiger partial charge in [-0.3, -0.25) is 0 Å². The normalized spacial score (nSPS) is 14.9. The maximum absolute atomic E-state index is 5.60. The predicted octanol–water partition coefficient (Wildman–Crippen LogP) is 2.52. The number of fused-ring (bicyclic) bond motifs is 1. The Kier molecular flexibility index (Phi) is 4.49. The Balaban J connectivity index is 2.08. The van der Waals surface area contributed by atoms with Crippen molar-refractivity contribution in [2.24, 2.45) is 0 Å². The fraction of sp³-hybridized carbons (Fsp3) is 0.467. The summed E-state index contributed by atoms with van der Waals surface area (Å²) in [6.45, 7) is 1.25. The highest BCUT2D eigenvalue weighted by Crippen LogP contribution is 2.33. The number of hydrogen-bond acceptors (Lipinski definition) is 3. The van der Waals surface area contributed by atoms with Gasteiger partial charge in [-0.05, 0) is 37.6 Å². The molecule has 0 aliphatic carbocycles. The fourth-order valence-corrected chi connectivity index (χ4v) is 2.16. The number of hydrogen-bond donors (Lipinski definition) is 1. The molecular weight excluding hydrogens is 226 g/mol. The van der Waals surface area contributed by atoms with Crippen molar-refractivity contribution in [3.8, 4) is 23.8 Å². The van der Waals surface area contributed by atoms with E-state index in [9.17, 15) is 0 Å². The highest BCUT2D eigenvalue weighted by Gasteiger charge is 2.15. The molecule has 3 heteroatoms. The van der Waals surface area contributed by atoms with Crippen molar-refractivity contribution in [2.75, 3.05) is 20.3 Å². The van der Waals surface area contributed by atoms with Gasteiger partial charge in [-0.2, -0.15) is 0 Å². The van der Waals surface area contributed by atoms with Gasteiger partial charge in [0, 0.05) is 12.5 Å². The summed E-state index contributed by atoms with van der Waals surface area (Å²) in [6.07, 6.45) is 8.15. The quantitative estimate of drug-likeness (QED) is 0.638. The van der Waals surface area contributed by atoms with Crippen LogP contribution in [0.4, 0.5) is 0 Å². The van der Waals surface area contributed by atoms with E-state index in [4.69, 9.17) is 15.9 Å². The van der Waals surface area contributed by atoms with E-state index in [0.717, 1.165) is 30.8 Å². The molecule has 1 aromatic rings. The molecule has 0 radical (unpaired) electrons. The monoisotopic (exact) mass is 245 g/mol. The summed E-state index contributed by atoms with van der Waals surface area (Å²) in [5.41, 5.74) is 1.22. The molecule has 2 rings (SSSR count). The molecule has 1 aliphatic heterocycles. The minimum absolute atomic E-state index is 0.314. The summed E-state index contributed by atoms with van der Waals surface area (Å²) in [7, 11) is 1.97. The molecule has 1 aliphatic rings. The Bertz CT molecular complexity index is 437. The zero-order valence-electron chi connectivity index (χ0n) is 10.7. The molecule has 0 aromatic heterocycles. The van der Waals surface area contributed by atoms with Crippen LogP contribution in [-0.4, -0.2) is 20.3 Å². The van der Waals surface area contributed by atoms with Crippen LogP contribution in [0.1, 0.15) is 30.9 Å². The number of terminal acetylenes is 1. The lowest BCUT2D eigenvalue weighted by molar-refractivity contribution is 0.171. The van der Waals surface area contributed by atoms with Crippen molar-refractivity contribution in [3.05, 3.63) is 23.8 Å². The van der Waals surface area contributed by atoms with E-state index in [2.05, 4.69) is 23.4 Å². The van der Waals surface area contributed by atoms with Crippen molar-refractivity contribution in [2.45, 2.75) is 25.3 Å². The lowest BCUT2D eigenvalue weighted by Gasteiger charge is -2.22. The van der Waals surface area contributed by atoms with Crippen molar-refractivity contribution < 1.29 is 9.47 Å². The van der Waals surface area contributed by atoms with Gasteiger partial charge in [0.1, 0.15) is 13.2 Å². The Morgan fingerprint density at radius 3 is 2.83 bits per heavy atom. The van der Waals surface area contributed by atoms with Crippen LogP contribution in [0.5, 0.6) is 11.5 Å². The average Bonchev–Trinajstić information content (AvgIpc) is 2.43. The first-order chi connectivity index (χ1) is 8.85. The topological polar surface area (TPSA) is 30.5 Å². The lowest BCUT2D eigenvalue weighted by Crippen LogP contribution is -2.18. The number of rotatable bonds is 5. The SMILES string of the molecule is C#CCCCC(NC)c1ccc2c(c1)OCCO2. The maximum atomic E-state index is 5.60. The van der Waals surface area contributed by atoms with Gasteiger partial charge >= 0.3 is 0 Å². The summed E-state index contributed by atoms with van der Waals surface area (Å²) in [5.74, 6) is 4.36. The van der Waals surface area contributed by atoms with Crippen molar-refractivity contribution in [1.29, 1.82) is 0 Å². The van der Waals surface area contributed by atoms with Crippen LogP contribution in [0, 0.1) is 12.3 Å². The number of unbranched alkanes of at least 4 members (excludes halogenated alkanes) is 1. The van der Waals surface area contributed by atoms with Crippen LogP contribution < -0.4 is 14.8 Å². The third-order valence-corrected chi connectivity index (χ3v) is 3.13. The third-order valence-electron chi connectivity index (χ3n) is 3.13. The first kappa shape index (κ1) is 12.8. The van der Waals surface area contributed by atoms with Crippen molar-refractivity contribution >= 4 is 0 Å². The van der Waals surface area contributed by atoms with Gasteiger partial charge in [-0.25, -0.2) is 0 Å². The number of benzene rings is 1. The molecule has 1 atom stereocenters. The molecule has 0 spiro atoms. The summed E-state index contributed by atoms with van der Waals surface area (Å²) < 4.78 is 11.1. The van der Waals surface area contributed by atoms with E-state index in [1.807, 2.05) is 13.1 Å². The zero-order valence-corrected chi connectivity index (χ0v) is 10.7.